The van der Waals surface area contributed by atoms with Crippen LogP contribution in [0.1, 0.15) is 19.3 Å². The minimum Gasteiger partial charge on any atom is -0.330 e. The smallest absolute Gasteiger partial charge is 0.303 e. The van der Waals surface area contributed by atoms with Crippen molar-refractivity contribution in [3.05, 3.63) is 4.91 Å². The average molecular weight is 173 g/mol. The maximum Gasteiger partial charge on any atom is 0.303 e. The monoisotopic (exact) mass is 173 g/mol. The number of likely N-dealkylation sites (N-methyl/N-ethyl adjacent to an activating group) is 1. The molecule has 3 N–H and O–H groups in total. The van der Waals surface area contributed by atoms with E-state index in [9.17, 15) is 9.70 Å². The van der Waals surface area contributed by atoms with Crippen molar-refractivity contribution in [1.29, 1.82) is 0 Å². The zero-order chi connectivity index (χ0) is 9.40. The normalized spacial score (nSPS) is 12.5. The number of carbonyl (C=O) groups excluding carboxylic acids is 1. The summed E-state index contributed by atoms with van der Waals surface area (Å²) in [5.74, 6) is -0.630. The SMILES string of the molecule is CNC(CCCCN)C(=O)N=O. The van der Waals surface area contributed by atoms with Crippen LogP contribution < -0.4 is 11.1 Å². The Morgan fingerprint density at radius 2 is 2.25 bits per heavy atom. The molecule has 1 atom stereocenters. The first-order valence-corrected chi connectivity index (χ1v) is 4.00. The van der Waals surface area contributed by atoms with Crippen molar-refractivity contribution in [1.82, 2.24) is 5.32 Å². The predicted molar refractivity (Wildman–Crippen MR) is 46.6 cm³/mol. The van der Waals surface area contributed by atoms with Crippen LogP contribution in [0, 0.1) is 4.91 Å². The third kappa shape index (κ3) is 4.15. The zero-order valence-electron chi connectivity index (χ0n) is 7.25. The molecule has 5 nitrogen and oxygen atoms in total. The van der Waals surface area contributed by atoms with Crippen molar-refractivity contribution in [3.8, 4) is 0 Å². The van der Waals surface area contributed by atoms with E-state index >= 15 is 0 Å². The van der Waals surface area contributed by atoms with Crippen LogP contribution in [0.5, 0.6) is 0 Å². The Hall–Kier alpha value is -0.810. The summed E-state index contributed by atoms with van der Waals surface area (Å²) in [6.07, 6.45) is 2.33. The van der Waals surface area contributed by atoms with Gasteiger partial charge in [-0.1, -0.05) is 6.42 Å². The van der Waals surface area contributed by atoms with Gasteiger partial charge in [-0.2, -0.15) is 0 Å². The minimum atomic E-state index is -0.630. The van der Waals surface area contributed by atoms with Crippen molar-refractivity contribution in [2.75, 3.05) is 13.6 Å². The van der Waals surface area contributed by atoms with Crippen LogP contribution in [-0.2, 0) is 4.79 Å². The second-order valence-corrected chi connectivity index (χ2v) is 2.56. The first-order valence-electron chi connectivity index (χ1n) is 4.00. The number of rotatable bonds is 6. The molecule has 70 valence electrons. The van der Waals surface area contributed by atoms with Crippen LogP contribution in [0.4, 0.5) is 0 Å². The molecule has 0 aromatic heterocycles. The molecular weight excluding hydrogens is 158 g/mol. The summed E-state index contributed by atoms with van der Waals surface area (Å²) in [7, 11) is 1.64. The molecule has 0 spiro atoms. The molecule has 0 radical (unpaired) electrons. The Morgan fingerprint density at radius 1 is 1.58 bits per heavy atom. The zero-order valence-corrected chi connectivity index (χ0v) is 7.25. The van der Waals surface area contributed by atoms with Gasteiger partial charge in [-0.05, 0) is 26.4 Å². The first-order chi connectivity index (χ1) is 5.76. The van der Waals surface area contributed by atoms with E-state index in [0.717, 1.165) is 12.8 Å². The van der Waals surface area contributed by atoms with Crippen molar-refractivity contribution in [2.45, 2.75) is 25.3 Å². The predicted octanol–water partition coefficient (Wildman–Crippen LogP) is -0.00360. The summed E-state index contributed by atoms with van der Waals surface area (Å²) in [5.41, 5.74) is 5.27. The van der Waals surface area contributed by atoms with Gasteiger partial charge in [0.15, 0.2) is 0 Å². The van der Waals surface area contributed by atoms with Crippen LogP contribution in [0.15, 0.2) is 5.18 Å². The number of nitrogens with two attached hydrogens (primary N) is 1. The van der Waals surface area contributed by atoms with E-state index in [1.54, 1.807) is 7.05 Å². The Labute approximate surface area is 71.7 Å². The summed E-state index contributed by atoms with van der Waals surface area (Å²) in [5, 5.41) is 5.08. The summed E-state index contributed by atoms with van der Waals surface area (Å²) in [6, 6.07) is -0.436. The van der Waals surface area contributed by atoms with Crippen LogP contribution in [0.2, 0.25) is 0 Å². The lowest BCUT2D eigenvalue weighted by Crippen LogP contribution is -2.32. The fourth-order valence-electron chi connectivity index (χ4n) is 0.948. The second-order valence-electron chi connectivity index (χ2n) is 2.56. The number of nitrogens with one attached hydrogen (secondary N) is 1. The van der Waals surface area contributed by atoms with E-state index < -0.39 is 11.9 Å². The third-order valence-electron chi connectivity index (χ3n) is 1.68. The first kappa shape index (κ1) is 11.2. The number of hydrogen-bond donors (Lipinski definition) is 2. The third-order valence-corrected chi connectivity index (χ3v) is 1.68. The van der Waals surface area contributed by atoms with Crippen LogP contribution in [0.3, 0.4) is 0 Å². The van der Waals surface area contributed by atoms with Crippen molar-refractivity contribution >= 4 is 5.91 Å². The van der Waals surface area contributed by atoms with Gasteiger partial charge in [-0.3, -0.25) is 4.79 Å². The van der Waals surface area contributed by atoms with Gasteiger partial charge in [-0.15, -0.1) is 4.91 Å². The van der Waals surface area contributed by atoms with Gasteiger partial charge in [0.25, 0.3) is 0 Å². The maximum absolute atomic E-state index is 10.8. The lowest BCUT2D eigenvalue weighted by Gasteiger charge is -2.09. The molecule has 0 saturated carbocycles. The molecule has 0 heterocycles. The van der Waals surface area contributed by atoms with Gasteiger partial charge in [0.1, 0.15) is 0 Å². The Kier molecular flexibility index (Phi) is 6.41. The van der Waals surface area contributed by atoms with Gasteiger partial charge < -0.3 is 11.1 Å². The van der Waals surface area contributed by atoms with E-state index in [0.29, 0.717) is 13.0 Å². The maximum atomic E-state index is 10.8. The molecule has 1 unspecified atom stereocenters. The molecule has 1 amide bonds. The molecule has 12 heavy (non-hydrogen) atoms. The van der Waals surface area contributed by atoms with Gasteiger partial charge in [0, 0.05) is 5.18 Å². The lowest BCUT2D eigenvalue weighted by atomic mass is 10.1. The summed E-state index contributed by atoms with van der Waals surface area (Å²) < 4.78 is 0. The van der Waals surface area contributed by atoms with Crippen LogP contribution >= 0.6 is 0 Å². The highest BCUT2D eigenvalue weighted by molar-refractivity contribution is 5.82. The van der Waals surface area contributed by atoms with E-state index in [-0.39, 0.29) is 0 Å². The molecule has 0 bridgehead atoms. The van der Waals surface area contributed by atoms with Crippen LogP contribution in [0.25, 0.3) is 0 Å². The average Bonchev–Trinajstić information content (AvgIpc) is 2.11. The summed E-state index contributed by atoms with van der Waals surface area (Å²) in [6.45, 7) is 0.610. The highest BCUT2D eigenvalue weighted by Crippen LogP contribution is 2.01. The number of nitroso groups, excluding NO2 is 1. The minimum absolute atomic E-state index is 0.436. The highest BCUT2D eigenvalue weighted by atomic mass is 16.3. The largest absolute Gasteiger partial charge is 0.330 e. The fourth-order valence-corrected chi connectivity index (χ4v) is 0.948. The molecule has 0 fully saturated rings. The van der Waals surface area contributed by atoms with Crippen molar-refractivity contribution < 1.29 is 4.79 Å². The number of unbranched alkanes of at least 4 members (excludes halogenated alkanes) is 1. The standard InChI is InChI=1S/C7H15N3O2/c1-9-6(7(11)10-12)4-2-3-5-8/h6,9H,2-5,8H2,1H3. The molecule has 0 aromatic rings. The van der Waals surface area contributed by atoms with Crippen molar-refractivity contribution in [2.24, 2.45) is 10.9 Å². The number of amides is 1. The molecule has 0 rings (SSSR count). The van der Waals surface area contributed by atoms with Gasteiger partial charge in [0.2, 0.25) is 0 Å². The Morgan fingerprint density at radius 3 is 2.67 bits per heavy atom. The second kappa shape index (κ2) is 6.87. The Bertz CT molecular complexity index is 150. The summed E-state index contributed by atoms with van der Waals surface area (Å²) >= 11 is 0. The van der Waals surface area contributed by atoms with Gasteiger partial charge in [-0.25, -0.2) is 0 Å². The van der Waals surface area contributed by atoms with Gasteiger partial charge in [0.05, 0.1) is 6.04 Å². The molecule has 0 aliphatic rings. The quantitative estimate of drug-likeness (QED) is 0.437. The van der Waals surface area contributed by atoms with Gasteiger partial charge >= 0.3 is 5.91 Å². The molecule has 0 aliphatic carbocycles. The van der Waals surface area contributed by atoms with Crippen molar-refractivity contribution in [3.63, 3.8) is 0 Å². The Balaban J connectivity index is 3.67. The van der Waals surface area contributed by atoms with E-state index in [1.807, 2.05) is 0 Å². The van der Waals surface area contributed by atoms with E-state index in [2.05, 4.69) is 10.5 Å². The van der Waals surface area contributed by atoms with E-state index in [1.165, 1.54) is 0 Å². The van der Waals surface area contributed by atoms with E-state index in [4.69, 9.17) is 5.73 Å². The highest BCUT2D eigenvalue weighted by Gasteiger charge is 2.15. The number of hydrogen-bond acceptors (Lipinski definition) is 4. The number of nitrogens with zero attached hydrogens (tertiary/aromatic N) is 1. The lowest BCUT2D eigenvalue weighted by molar-refractivity contribution is -0.120. The molecule has 0 aromatic carbocycles. The van der Waals surface area contributed by atoms with Crippen LogP contribution in [-0.4, -0.2) is 25.5 Å². The number of carbonyl (C=O) groups is 1. The topological polar surface area (TPSA) is 84.5 Å². The molecule has 5 heteroatoms. The molecule has 0 saturated heterocycles. The summed E-state index contributed by atoms with van der Waals surface area (Å²) in [4.78, 5) is 20.6. The molecule has 0 aliphatic heterocycles. The fraction of sp³-hybridized carbons (Fsp3) is 0.857. The molecular formula is C7H15N3O2.